The molecule has 3 rings (SSSR count). The van der Waals surface area contributed by atoms with Gasteiger partial charge in [-0.2, -0.15) is 0 Å². The fourth-order valence-corrected chi connectivity index (χ4v) is 2.45. The van der Waals surface area contributed by atoms with Crippen LogP contribution < -0.4 is 5.56 Å². The molecule has 106 valence electrons. The van der Waals surface area contributed by atoms with Crippen molar-refractivity contribution < 1.29 is 4.79 Å². The molecule has 1 aromatic carbocycles. The van der Waals surface area contributed by atoms with E-state index in [2.05, 4.69) is 9.97 Å². The van der Waals surface area contributed by atoms with E-state index in [0.717, 1.165) is 5.56 Å². The predicted molar refractivity (Wildman–Crippen MR) is 81.9 cm³/mol. The average molecular weight is 322 g/mol. The topological polar surface area (TPSA) is 67.8 Å². The van der Waals surface area contributed by atoms with Crippen molar-refractivity contribution in [1.29, 1.82) is 0 Å². The van der Waals surface area contributed by atoms with Gasteiger partial charge in [0, 0.05) is 11.8 Å². The van der Waals surface area contributed by atoms with Crippen molar-refractivity contribution in [3.8, 4) is 11.1 Å². The summed E-state index contributed by atoms with van der Waals surface area (Å²) in [5.41, 5.74) is 1.59. The van der Waals surface area contributed by atoms with Crippen LogP contribution in [0.3, 0.4) is 0 Å². The number of carbonyl (C=O) groups excluding carboxylic acids is 1. The lowest BCUT2D eigenvalue weighted by atomic mass is 10.1. The number of aromatic amines is 1. The summed E-state index contributed by atoms with van der Waals surface area (Å²) < 4.78 is 1.25. The van der Waals surface area contributed by atoms with Crippen LogP contribution in [0.4, 0.5) is 0 Å². The van der Waals surface area contributed by atoms with Gasteiger partial charge in [-0.15, -0.1) is 0 Å². The Bertz CT molecular complexity index is 899. The van der Waals surface area contributed by atoms with Crippen molar-refractivity contribution in [2.45, 2.75) is 6.54 Å². The second-order valence-corrected chi connectivity index (χ2v) is 5.24. The lowest BCUT2D eigenvalue weighted by molar-refractivity contribution is -0.108. The van der Waals surface area contributed by atoms with E-state index in [9.17, 15) is 9.59 Å². The minimum Gasteiger partial charge on any atom is -0.345 e. The number of aldehydes is 1. The Morgan fingerprint density at radius 1 is 1.29 bits per heavy atom. The largest absolute Gasteiger partial charge is 0.345 e. The van der Waals surface area contributed by atoms with Crippen molar-refractivity contribution in [2.75, 3.05) is 0 Å². The van der Waals surface area contributed by atoms with E-state index >= 15 is 0 Å². The molecule has 5 nitrogen and oxygen atoms in total. The first-order valence-electron chi connectivity index (χ1n) is 6.07. The van der Waals surface area contributed by atoms with Gasteiger partial charge in [-0.3, -0.25) is 9.36 Å². The summed E-state index contributed by atoms with van der Waals surface area (Å²) in [6, 6.07) is 5.12. The highest BCUT2D eigenvalue weighted by molar-refractivity contribution is 6.42. The van der Waals surface area contributed by atoms with Gasteiger partial charge >= 0.3 is 0 Å². The van der Waals surface area contributed by atoms with Crippen molar-refractivity contribution in [3.05, 3.63) is 51.1 Å². The Hall–Kier alpha value is -2.11. The zero-order chi connectivity index (χ0) is 15.0. The van der Waals surface area contributed by atoms with E-state index in [1.165, 1.54) is 10.9 Å². The zero-order valence-corrected chi connectivity index (χ0v) is 12.1. The van der Waals surface area contributed by atoms with E-state index < -0.39 is 0 Å². The summed E-state index contributed by atoms with van der Waals surface area (Å²) in [4.78, 5) is 30.1. The number of fused-ring (bicyclic) bond motifs is 1. The fraction of sp³-hybridized carbons (Fsp3) is 0.0714. The van der Waals surface area contributed by atoms with Crippen LogP contribution in [0.1, 0.15) is 0 Å². The third-order valence-electron chi connectivity index (χ3n) is 3.16. The highest BCUT2D eigenvalue weighted by Gasteiger charge is 2.13. The number of rotatable bonds is 3. The Morgan fingerprint density at radius 3 is 2.81 bits per heavy atom. The number of carbonyl (C=O) groups is 1. The maximum Gasteiger partial charge on any atom is 0.263 e. The number of benzene rings is 1. The van der Waals surface area contributed by atoms with E-state index in [-0.39, 0.29) is 12.1 Å². The van der Waals surface area contributed by atoms with Gasteiger partial charge in [-0.05, 0) is 17.7 Å². The number of halogens is 2. The van der Waals surface area contributed by atoms with Crippen LogP contribution in [0, 0.1) is 0 Å². The van der Waals surface area contributed by atoms with Crippen LogP contribution in [0.2, 0.25) is 10.0 Å². The number of nitrogens with one attached hydrogen (secondary N) is 1. The smallest absolute Gasteiger partial charge is 0.263 e. The molecule has 21 heavy (non-hydrogen) atoms. The molecule has 0 amide bonds. The molecule has 0 aliphatic rings. The Labute approximate surface area is 129 Å². The summed E-state index contributed by atoms with van der Waals surface area (Å²) in [5, 5.41) is 1.26. The molecule has 1 N–H and O–H groups in total. The molecule has 0 saturated heterocycles. The molecule has 0 bridgehead atoms. The molecular formula is C14H9Cl2N3O2. The number of H-pyrrole nitrogens is 1. The van der Waals surface area contributed by atoms with Crippen LogP contribution in [-0.4, -0.2) is 20.8 Å². The molecular weight excluding hydrogens is 313 g/mol. The van der Waals surface area contributed by atoms with Gasteiger partial charge in [0.2, 0.25) is 0 Å². The number of hydrogen-bond acceptors (Lipinski definition) is 3. The second-order valence-electron chi connectivity index (χ2n) is 4.42. The Balaban J connectivity index is 2.27. The predicted octanol–water partition coefficient (Wildman–Crippen LogP) is 2.90. The first-order chi connectivity index (χ1) is 10.1. The summed E-state index contributed by atoms with van der Waals surface area (Å²) in [6.07, 6.45) is 3.68. The molecule has 7 heteroatoms. The highest BCUT2D eigenvalue weighted by atomic mass is 35.5. The van der Waals surface area contributed by atoms with Crippen molar-refractivity contribution in [1.82, 2.24) is 14.5 Å². The van der Waals surface area contributed by atoms with Crippen LogP contribution in [0.5, 0.6) is 0 Å². The van der Waals surface area contributed by atoms with E-state index in [1.807, 2.05) is 0 Å². The van der Waals surface area contributed by atoms with Gasteiger partial charge in [-0.25, -0.2) is 4.98 Å². The highest BCUT2D eigenvalue weighted by Crippen LogP contribution is 2.31. The van der Waals surface area contributed by atoms with Crippen molar-refractivity contribution in [3.63, 3.8) is 0 Å². The van der Waals surface area contributed by atoms with Gasteiger partial charge in [0.05, 0.1) is 22.0 Å². The maximum atomic E-state index is 12.4. The first kappa shape index (κ1) is 13.9. The molecule has 0 atom stereocenters. The molecule has 2 heterocycles. The first-order valence-corrected chi connectivity index (χ1v) is 6.83. The number of hydrogen-bond donors (Lipinski definition) is 1. The van der Waals surface area contributed by atoms with E-state index in [1.54, 1.807) is 24.4 Å². The molecule has 2 aromatic heterocycles. The van der Waals surface area contributed by atoms with Gasteiger partial charge in [-0.1, -0.05) is 29.3 Å². The summed E-state index contributed by atoms with van der Waals surface area (Å²) in [6.45, 7) is -0.0340. The van der Waals surface area contributed by atoms with Gasteiger partial charge < -0.3 is 9.78 Å². The minimum absolute atomic E-state index is 0.0340. The molecule has 0 saturated carbocycles. The Morgan fingerprint density at radius 2 is 2.10 bits per heavy atom. The zero-order valence-electron chi connectivity index (χ0n) is 10.6. The molecule has 3 aromatic rings. The van der Waals surface area contributed by atoms with E-state index in [0.29, 0.717) is 32.9 Å². The molecule has 0 spiro atoms. The summed E-state index contributed by atoms with van der Waals surface area (Å²) in [7, 11) is 0. The lowest BCUT2D eigenvalue weighted by Crippen LogP contribution is -2.21. The van der Waals surface area contributed by atoms with Crippen LogP contribution in [0.15, 0.2) is 35.5 Å². The maximum absolute atomic E-state index is 12.4. The molecule has 0 aliphatic heterocycles. The quantitative estimate of drug-likeness (QED) is 0.754. The number of aromatic nitrogens is 3. The molecule has 0 radical (unpaired) electrons. The van der Waals surface area contributed by atoms with Crippen molar-refractivity contribution in [2.24, 2.45) is 0 Å². The van der Waals surface area contributed by atoms with E-state index in [4.69, 9.17) is 23.2 Å². The fourth-order valence-electron chi connectivity index (χ4n) is 2.16. The van der Waals surface area contributed by atoms with Crippen LogP contribution >= 0.6 is 23.2 Å². The standard InChI is InChI=1S/C14H9Cl2N3O2/c15-10-2-1-8(5-11(10)16)9-6-17-13-12(9)14(21)19(3-4-20)7-18-13/h1-2,4-7,17H,3H2. The van der Waals surface area contributed by atoms with Gasteiger partial charge in [0.25, 0.3) is 5.56 Å². The normalized spacial score (nSPS) is 11.0. The van der Waals surface area contributed by atoms with Crippen LogP contribution in [0.25, 0.3) is 22.2 Å². The third-order valence-corrected chi connectivity index (χ3v) is 3.90. The van der Waals surface area contributed by atoms with Crippen LogP contribution in [-0.2, 0) is 11.3 Å². The number of nitrogens with zero attached hydrogens (tertiary/aromatic N) is 2. The van der Waals surface area contributed by atoms with Gasteiger partial charge in [0.1, 0.15) is 18.3 Å². The summed E-state index contributed by atoms with van der Waals surface area (Å²) >= 11 is 11.9. The second kappa shape index (κ2) is 5.35. The molecule has 0 fully saturated rings. The minimum atomic E-state index is -0.283. The average Bonchev–Trinajstić information content (AvgIpc) is 2.90. The SMILES string of the molecule is O=CCn1cnc2[nH]cc(-c3ccc(Cl)c(Cl)c3)c2c1=O. The Kier molecular flexibility index (Phi) is 3.53. The monoisotopic (exact) mass is 321 g/mol. The van der Waals surface area contributed by atoms with Gasteiger partial charge in [0.15, 0.2) is 0 Å². The lowest BCUT2D eigenvalue weighted by Gasteiger charge is -2.03. The summed E-state index contributed by atoms with van der Waals surface area (Å²) in [5.74, 6) is 0. The molecule has 0 aliphatic carbocycles. The molecule has 0 unspecified atom stereocenters. The van der Waals surface area contributed by atoms with Crippen molar-refractivity contribution >= 4 is 40.5 Å². The third kappa shape index (κ3) is 2.34.